The van der Waals surface area contributed by atoms with E-state index in [1.807, 2.05) is 97.8 Å². The Labute approximate surface area is 448 Å². The third-order valence-electron chi connectivity index (χ3n) is 10.8. The Hall–Kier alpha value is -7.81. The molecule has 10 rings (SSSR count). The molecule has 22 heteroatoms. The minimum absolute atomic E-state index is 0. The molecule has 0 bridgehead atoms. The number of benzene rings is 3. The number of pyridine rings is 4. The van der Waals surface area contributed by atoms with E-state index in [1.165, 1.54) is 31.0 Å². The number of methoxy groups -OCH3 is 1. The summed E-state index contributed by atoms with van der Waals surface area (Å²) in [6.07, 6.45) is 11.4. The van der Waals surface area contributed by atoms with E-state index in [4.69, 9.17) is 40.5 Å². The van der Waals surface area contributed by atoms with Gasteiger partial charge in [-0.1, -0.05) is 42.2 Å². The van der Waals surface area contributed by atoms with Gasteiger partial charge in [0.25, 0.3) is 16.0 Å². The minimum Gasteiger partial charge on any atom is -0.465 e. The Morgan fingerprint density at radius 2 is 1.25 bits per heavy atom. The molecule has 0 aliphatic rings. The average Bonchev–Trinajstić information content (AvgIpc) is 4.11. The number of hydrogen-bond acceptors (Lipinski definition) is 14. The molecule has 0 saturated carbocycles. The van der Waals surface area contributed by atoms with Gasteiger partial charge in [-0.2, -0.15) is 23.7 Å². The van der Waals surface area contributed by atoms with Gasteiger partial charge in [-0.3, -0.25) is 38.4 Å². The van der Waals surface area contributed by atoms with E-state index in [2.05, 4.69) is 67.6 Å². The molecule has 1 amide bonds. The first-order valence-electron chi connectivity index (χ1n) is 22.5. The second kappa shape index (κ2) is 25.9. The molecule has 0 radical (unpaired) electrons. The average molecular weight is 1090 g/mol. The lowest BCUT2D eigenvalue weighted by Gasteiger charge is -2.12. The summed E-state index contributed by atoms with van der Waals surface area (Å²) in [7, 11) is -2.26. The van der Waals surface area contributed by atoms with E-state index >= 15 is 0 Å². The number of nitrogen functional groups attached to an aromatic ring is 1. The van der Waals surface area contributed by atoms with Crippen LogP contribution < -0.4 is 11.1 Å². The Kier molecular flexibility index (Phi) is 19.5. The second-order valence-electron chi connectivity index (χ2n) is 16.6. The number of H-pyrrole nitrogens is 1. The fourth-order valence-corrected chi connectivity index (χ4v) is 8.17. The highest BCUT2D eigenvalue weighted by Gasteiger charge is 2.13. The molecule has 10 aromatic rings. The molecule has 0 aliphatic heterocycles. The number of fused-ring (bicyclic) bond motifs is 3. The Balaban J connectivity index is 0.000000174. The van der Waals surface area contributed by atoms with Gasteiger partial charge in [0, 0.05) is 80.0 Å². The van der Waals surface area contributed by atoms with Crippen molar-refractivity contribution in [2.75, 3.05) is 19.1 Å². The maximum absolute atomic E-state index is 12.7. The maximum atomic E-state index is 12.7. The van der Waals surface area contributed by atoms with Gasteiger partial charge in [-0.15, -0.1) is 0 Å². The number of carbonyl (C=O) groups is 2. The van der Waals surface area contributed by atoms with Crippen LogP contribution in [0.2, 0.25) is 15.1 Å². The highest BCUT2D eigenvalue weighted by atomic mass is 35.5. The molecule has 7 aromatic heterocycles. The second-order valence-corrected chi connectivity index (χ2v) is 19.6. The normalized spacial score (nSPS) is 10.8. The lowest BCUT2D eigenvalue weighted by molar-refractivity contribution is 0.0600. The molecule has 75 heavy (non-hydrogen) atoms. The van der Waals surface area contributed by atoms with Crippen molar-refractivity contribution in [3.8, 4) is 0 Å². The molecule has 3 aromatic carbocycles. The van der Waals surface area contributed by atoms with Crippen LogP contribution in [0.25, 0.3) is 32.7 Å². The van der Waals surface area contributed by atoms with Gasteiger partial charge in [0.2, 0.25) is 0 Å². The highest BCUT2D eigenvalue weighted by Crippen LogP contribution is 2.21. The number of anilines is 1. The number of esters is 1. The first-order valence-corrected chi connectivity index (χ1v) is 25.4. The van der Waals surface area contributed by atoms with Crippen LogP contribution in [0.3, 0.4) is 0 Å². The maximum Gasteiger partial charge on any atom is 0.337 e. The Bertz CT molecular complexity index is 3690. The van der Waals surface area contributed by atoms with Gasteiger partial charge in [-0.25, -0.2) is 9.78 Å². The number of aromatic nitrogens is 10. The molecule has 0 unspecified atom stereocenters. The van der Waals surface area contributed by atoms with Gasteiger partial charge in [0.05, 0.1) is 71.8 Å². The van der Waals surface area contributed by atoms with E-state index < -0.39 is 16.1 Å². The van der Waals surface area contributed by atoms with Gasteiger partial charge in [-0.05, 0) is 135 Å². The van der Waals surface area contributed by atoms with Crippen molar-refractivity contribution >= 4 is 95.3 Å². The van der Waals surface area contributed by atoms with Crippen LogP contribution in [0.5, 0.6) is 0 Å². The first-order chi connectivity index (χ1) is 35.4. The van der Waals surface area contributed by atoms with Crippen molar-refractivity contribution in [2.24, 2.45) is 0 Å². The molecule has 4 N–H and O–H groups in total. The minimum atomic E-state index is -3.52. The van der Waals surface area contributed by atoms with Crippen molar-refractivity contribution in [1.82, 2.24) is 55.0 Å². The third kappa shape index (κ3) is 16.6. The van der Waals surface area contributed by atoms with Crippen LogP contribution in [-0.2, 0) is 45.3 Å². The van der Waals surface area contributed by atoms with Crippen LogP contribution in [0, 0.1) is 20.8 Å². The van der Waals surface area contributed by atoms with Crippen molar-refractivity contribution in [3.63, 3.8) is 0 Å². The number of ether oxygens (including phenoxy) is 1. The van der Waals surface area contributed by atoms with E-state index in [-0.39, 0.29) is 19.9 Å². The third-order valence-corrected chi connectivity index (χ3v) is 12.0. The van der Waals surface area contributed by atoms with E-state index in [0.29, 0.717) is 47.3 Å². The number of hydrogen-bond donors (Lipinski definition) is 3. The molecule has 0 fully saturated rings. The number of nitrogens with two attached hydrogens (primary N) is 1. The lowest BCUT2D eigenvalue weighted by atomic mass is 10.1. The fraction of sp³-hybridized carbons (Fsp3) is 0.189. The summed E-state index contributed by atoms with van der Waals surface area (Å²) in [6, 6.07) is 29.1. The molecule has 0 spiro atoms. The summed E-state index contributed by atoms with van der Waals surface area (Å²) >= 11 is 17.7. The van der Waals surface area contributed by atoms with E-state index in [0.717, 1.165) is 77.2 Å². The number of aromatic amines is 1. The summed E-state index contributed by atoms with van der Waals surface area (Å²) in [5, 5.41) is 23.9. The molecule has 0 saturated heterocycles. The summed E-state index contributed by atoms with van der Waals surface area (Å²) in [5.41, 5.74) is 15.5. The zero-order valence-electron chi connectivity index (χ0n) is 40.6. The molecule has 0 aliphatic carbocycles. The number of halogens is 3. The van der Waals surface area contributed by atoms with Crippen molar-refractivity contribution in [2.45, 2.75) is 54.4 Å². The van der Waals surface area contributed by atoms with Crippen molar-refractivity contribution in [1.29, 1.82) is 0 Å². The molecule has 0 atom stereocenters. The predicted molar refractivity (Wildman–Crippen MR) is 293 cm³/mol. The quantitative estimate of drug-likeness (QED) is 0.0807. The fourth-order valence-electron chi connectivity index (χ4n) is 7.29. The standard InChI is InChI=1S/C22H21ClN6O.C14H12ClN3.C9H11NO5S.C7H5ClN2.CH4/c1-13-7-21(24)27-14(2)19(13)10-26-22(30)15-5-6-25-18(9-15)12-29-11-16-8-17(23)3-4-20(16)28-29;1-10-4-5-16-13(6-10)9-18-8-11-7-12(15)2-3-14(11)17-18;1-14-9(11)7-3-4-10-8(5-7)6-15-16(2,12)13;8-6-1-2-7-5(3-6)4-9-10-7;/h3-9,11H,10,12H2,1-2H3,(H2,24,27)(H,26,30);2-8H,9H2,1H3;3-5H,6H2,1-2H3;1-4H,(H,9,10);1H4. The van der Waals surface area contributed by atoms with Crippen molar-refractivity contribution < 1.29 is 26.9 Å². The molecule has 7 heterocycles. The van der Waals surface area contributed by atoms with Gasteiger partial charge in [0.1, 0.15) is 12.4 Å². The number of nitrogens with one attached hydrogen (secondary N) is 2. The Morgan fingerprint density at radius 3 is 1.84 bits per heavy atom. The van der Waals surface area contributed by atoms with Crippen LogP contribution >= 0.6 is 34.8 Å². The van der Waals surface area contributed by atoms with Gasteiger partial charge in [0.15, 0.2) is 0 Å². The largest absolute Gasteiger partial charge is 0.465 e. The summed E-state index contributed by atoms with van der Waals surface area (Å²) in [5.74, 6) is -0.206. The molecular weight excluding hydrogens is 1040 g/mol. The van der Waals surface area contributed by atoms with Crippen LogP contribution in [-0.4, -0.2) is 83.4 Å². The van der Waals surface area contributed by atoms with Gasteiger partial charge >= 0.3 is 5.97 Å². The zero-order chi connectivity index (χ0) is 52.9. The topological polar surface area (TPSA) is 241 Å². The predicted octanol–water partition coefficient (Wildman–Crippen LogP) is 10.3. The molecular formula is C53H53Cl3N12O6S. The van der Waals surface area contributed by atoms with E-state index in [1.54, 1.807) is 35.3 Å². The SMILES string of the molecule is C.COC(=O)c1ccnc(COS(C)(=O)=O)c1.Cc1cc(N)nc(C)c1CNC(=O)c1ccnc(Cn2cc3cc(Cl)ccc3n2)c1.Cc1ccnc(Cn2cc3cc(Cl)ccc3n2)c1.Clc1ccc2[nH]ncc2c1. The summed E-state index contributed by atoms with van der Waals surface area (Å²) in [6.45, 7) is 7.21. The number of carbonyl (C=O) groups excluding carboxylic acids is 2. The van der Waals surface area contributed by atoms with Crippen LogP contribution in [0.15, 0.2) is 134 Å². The number of aryl methyl sites for hydroxylation is 3. The highest BCUT2D eigenvalue weighted by molar-refractivity contribution is 7.85. The van der Waals surface area contributed by atoms with Gasteiger partial charge < -0.3 is 15.8 Å². The Morgan fingerprint density at radius 1 is 0.707 bits per heavy atom. The monoisotopic (exact) mass is 1090 g/mol. The molecule has 388 valence electrons. The van der Waals surface area contributed by atoms with Crippen LogP contribution in [0.1, 0.15) is 67.6 Å². The smallest absolute Gasteiger partial charge is 0.337 e. The van der Waals surface area contributed by atoms with Crippen LogP contribution in [0.4, 0.5) is 5.82 Å². The zero-order valence-corrected chi connectivity index (χ0v) is 43.7. The number of amides is 1. The van der Waals surface area contributed by atoms with E-state index in [9.17, 15) is 18.0 Å². The summed E-state index contributed by atoms with van der Waals surface area (Å²) < 4.78 is 34.2. The first kappa shape index (κ1) is 56.5. The number of nitrogens with zero attached hydrogens (tertiary/aromatic N) is 9. The molecule has 18 nitrogen and oxygen atoms in total. The lowest BCUT2D eigenvalue weighted by Crippen LogP contribution is -2.24. The van der Waals surface area contributed by atoms with Crippen molar-refractivity contribution in [3.05, 3.63) is 200 Å². The summed E-state index contributed by atoms with van der Waals surface area (Å²) in [4.78, 5) is 40.7. The number of rotatable bonds is 11.